The Balaban J connectivity index is 5.57. The fraction of sp³-hybridized carbons (Fsp3) is 0.953. The van der Waals surface area contributed by atoms with Crippen LogP contribution >= 0.6 is 15.6 Å². The summed E-state index contributed by atoms with van der Waals surface area (Å²) < 4.78 is 83.2. The molecule has 0 aliphatic heterocycles. The number of aliphatic hydroxyl groups excluding tert-OH is 1. The van der Waals surface area contributed by atoms with Crippen molar-refractivity contribution >= 4 is 39.6 Å². The lowest BCUT2D eigenvalue weighted by molar-refractivity contribution is -0.166. The number of amides is 2. The monoisotopic (exact) mass is 1580 g/mol. The predicted molar refractivity (Wildman–Crippen MR) is 438 cm³/mol. The average molecular weight is 1580 g/mol. The van der Waals surface area contributed by atoms with E-state index in [1.165, 1.54) is 180 Å². The summed E-state index contributed by atoms with van der Waals surface area (Å²) in [6.45, 7) is 11.2. The highest BCUT2D eigenvalue weighted by Crippen LogP contribution is 2.44. The molecule has 2 amide bonds. The van der Waals surface area contributed by atoms with Gasteiger partial charge < -0.3 is 53.9 Å². The molecule has 0 heterocycles. The van der Waals surface area contributed by atoms with Gasteiger partial charge in [-0.1, -0.05) is 337 Å². The van der Waals surface area contributed by atoms with Gasteiger partial charge in [0.25, 0.3) is 0 Å². The van der Waals surface area contributed by atoms with E-state index in [2.05, 4.69) is 52.2 Å². The SMILES string of the molecule is CCCCCCCCCCCCCCC(=O)O[C@@H](COCC[C@@H](CCCCCCC)OC(=O)CCCCCCCCCCCC)COP(=O)(O)OCCNC(=O)NCCOP(=O)(O)OC[C@H](COCCC(CCCCCCC)OC(=O)CCCCCCCCCCC)OC(O)CCCCCCCCCCCCC. The Morgan fingerprint density at radius 2 is 0.537 bits per heavy atom. The van der Waals surface area contributed by atoms with Gasteiger partial charge in [-0.25, -0.2) is 13.9 Å². The molecule has 0 saturated heterocycles. The molecule has 5 N–H and O–H groups in total. The zero-order valence-electron chi connectivity index (χ0n) is 70.2. The second-order valence-corrected chi connectivity index (χ2v) is 33.4. The maximum Gasteiger partial charge on any atom is 0.472 e. The first-order valence-electron chi connectivity index (χ1n) is 44.9. The molecule has 0 aromatic heterocycles. The highest BCUT2D eigenvalue weighted by atomic mass is 31.2. The van der Waals surface area contributed by atoms with Gasteiger partial charge in [0, 0.05) is 45.2 Å². The normalized spacial score (nSPS) is 14.2. The maximum atomic E-state index is 13.2. The lowest BCUT2D eigenvalue weighted by Gasteiger charge is -2.23. The molecule has 642 valence electrons. The third-order valence-electron chi connectivity index (χ3n) is 19.9. The molecule has 0 saturated carbocycles. The number of ether oxygens (including phenoxy) is 6. The van der Waals surface area contributed by atoms with Crippen molar-refractivity contribution in [3.8, 4) is 0 Å². The van der Waals surface area contributed by atoms with Crippen LogP contribution in [0.4, 0.5) is 4.79 Å². The van der Waals surface area contributed by atoms with E-state index in [-0.39, 0.29) is 70.1 Å². The summed E-state index contributed by atoms with van der Waals surface area (Å²) in [5.41, 5.74) is 0. The van der Waals surface area contributed by atoms with Crippen LogP contribution in [0.1, 0.15) is 427 Å². The molecule has 108 heavy (non-hydrogen) atoms. The molecular formula is C85H168N2O19P2. The molecule has 0 aliphatic carbocycles. The van der Waals surface area contributed by atoms with E-state index >= 15 is 0 Å². The first kappa shape index (κ1) is 106. The second kappa shape index (κ2) is 79.9. The molecule has 0 fully saturated rings. The Bertz CT molecular complexity index is 2090. The number of urea groups is 1. The van der Waals surface area contributed by atoms with Crippen molar-refractivity contribution in [1.82, 2.24) is 10.6 Å². The number of hydrogen-bond donors (Lipinski definition) is 5. The highest BCUT2D eigenvalue weighted by Gasteiger charge is 2.28. The summed E-state index contributed by atoms with van der Waals surface area (Å²) in [5.74, 6) is -0.877. The van der Waals surface area contributed by atoms with Crippen LogP contribution in [-0.2, 0) is 70.0 Å². The fourth-order valence-electron chi connectivity index (χ4n) is 13.2. The zero-order chi connectivity index (χ0) is 79.2. The summed E-state index contributed by atoms with van der Waals surface area (Å²) in [7, 11) is -9.46. The molecule has 21 nitrogen and oxygen atoms in total. The van der Waals surface area contributed by atoms with Crippen molar-refractivity contribution in [2.24, 2.45) is 0 Å². The number of phosphoric acid groups is 2. The summed E-state index contributed by atoms with van der Waals surface area (Å²) in [5, 5.41) is 16.0. The maximum absolute atomic E-state index is 13.2. The van der Waals surface area contributed by atoms with Crippen molar-refractivity contribution in [3.63, 3.8) is 0 Å². The lowest BCUT2D eigenvalue weighted by atomic mass is 10.0. The van der Waals surface area contributed by atoms with Gasteiger partial charge >= 0.3 is 39.6 Å². The van der Waals surface area contributed by atoms with E-state index in [9.17, 15) is 43.2 Å². The van der Waals surface area contributed by atoms with Crippen molar-refractivity contribution in [1.29, 1.82) is 0 Å². The van der Waals surface area contributed by atoms with E-state index in [0.29, 0.717) is 44.9 Å². The molecule has 7 atom stereocenters. The van der Waals surface area contributed by atoms with Gasteiger partial charge in [0.15, 0.2) is 6.29 Å². The van der Waals surface area contributed by atoms with E-state index in [1.54, 1.807) is 0 Å². The van der Waals surface area contributed by atoms with Crippen molar-refractivity contribution in [2.75, 3.05) is 65.9 Å². The Labute approximate surface area is 660 Å². The first-order chi connectivity index (χ1) is 52.5. The van der Waals surface area contributed by atoms with Gasteiger partial charge in [-0.15, -0.1) is 0 Å². The molecule has 4 unspecified atom stereocenters. The van der Waals surface area contributed by atoms with Gasteiger partial charge in [0.2, 0.25) is 0 Å². The lowest BCUT2D eigenvalue weighted by Crippen LogP contribution is -2.38. The minimum absolute atomic E-state index is 0.0832. The fourth-order valence-corrected chi connectivity index (χ4v) is 14.7. The quantitative estimate of drug-likeness (QED) is 0.0124. The van der Waals surface area contributed by atoms with E-state index in [4.69, 9.17) is 46.5 Å². The molecule has 0 spiro atoms. The number of carbonyl (C=O) groups is 4. The van der Waals surface area contributed by atoms with Crippen LogP contribution in [0, 0.1) is 0 Å². The van der Waals surface area contributed by atoms with Gasteiger partial charge in [-0.2, -0.15) is 0 Å². The van der Waals surface area contributed by atoms with Crippen molar-refractivity contribution in [3.05, 3.63) is 0 Å². The average Bonchev–Trinajstić information content (AvgIpc) is 0.915. The number of unbranched alkanes of at least 4 members (excludes halogenated alkanes) is 46. The molecule has 0 rings (SSSR count). The van der Waals surface area contributed by atoms with Crippen molar-refractivity contribution in [2.45, 2.75) is 457 Å². The number of nitrogens with one attached hydrogen (secondary N) is 2. The number of aliphatic hydroxyl groups is 1. The van der Waals surface area contributed by atoms with Crippen molar-refractivity contribution < 1.29 is 89.7 Å². The summed E-state index contributed by atoms with van der Waals surface area (Å²) in [6, 6.07) is -0.728. The minimum Gasteiger partial charge on any atom is -0.462 e. The van der Waals surface area contributed by atoms with Gasteiger partial charge in [-0.3, -0.25) is 32.5 Å². The first-order valence-corrected chi connectivity index (χ1v) is 47.8. The summed E-state index contributed by atoms with van der Waals surface area (Å²) in [6.07, 6.45) is 59.2. The molecule has 0 aliphatic rings. The molecule has 23 heteroatoms. The predicted octanol–water partition coefficient (Wildman–Crippen LogP) is 23.6. The minimum atomic E-state index is -4.75. The molecule has 0 bridgehead atoms. The Morgan fingerprint density at radius 3 is 0.843 bits per heavy atom. The van der Waals surface area contributed by atoms with E-state index in [1.807, 2.05) is 0 Å². The number of phosphoric ester groups is 2. The van der Waals surface area contributed by atoms with Gasteiger partial charge in [0.05, 0.1) is 52.9 Å². The van der Waals surface area contributed by atoms with Gasteiger partial charge in [0.1, 0.15) is 24.4 Å². The topological polar surface area (TPSA) is 279 Å². The second-order valence-electron chi connectivity index (χ2n) is 30.5. The Morgan fingerprint density at radius 1 is 0.287 bits per heavy atom. The standard InChI is InChI=1S/C85H168N2O19P2/c1-7-13-19-25-29-33-36-38-42-46-52-58-64-84(91)106-80(74-98-70-66-78(60-54-48-24-18-12-6)104-82(89)62-56-50-44-40-35-31-27-21-15-9-3)76-102-108(95,96)100-72-68-87-85(92)86-67-71-99-107(93,94)101-75-79(105-83(90)63-57-51-45-41-37-34-30-26-20-14-8-2)73-97-69-65-77(59-53-47-23-17-11-5)103-81(88)61-55-49-43-39-32-28-22-16-10-4/h77-80,83,90H,7-76H2,1-6H3,(H,93,94)(H,95,96)(H2,86,87,92)/t77?,78-,79+,80+,83?/m1/s1. The van der Waals surface area contributed by atoms with Crippen LogP contribution in [0.25, 0.3) is 0 Å². The number of carbonyl (C=O) groups excluding carboxylic acids is 4. The van der Waals surface area contributed by atoms with Crippen LogP contribution < -0.4 is 10.6 Å². The number of rotatable bonds is 87. The zero-order valence-corrected chi connectivity index (χ0v) is 71.9. The third-order valence-corrected chi connectivity index (χ3v) is 21.9. The number of esters is 3. The van der Waals surface area contributed by atoms with E-state index in [0.717, 1.165) is 154 Å². The van der Waals surface area contributed by atoms with Gasteiger partial charge in [-0.05, 0) is 57.8 Å². The Kier molecular flexibility index (Phi) is 78.3. The smallest absolute Gasteiger partial charge is 0.462 e. The summed E-state index contributed by atoms with van der Waals surface area (Å²) in [4.78, 5) is 73.5. The molecular weight excluding hydrogens is 1410 g/mol. The van der Waals surface area contributed by atoms with Crippen LogP contribution in [0.2, 0.25) is 0 Å². The molecule has 0 radical (unpaired) electrons. The third kappa shape index (κ3) is 76.4. The Hall–Kier alpha value is -2.26. The van der Waals surface area contributed by atoms with Crippen LogP contribution in [0.15, 0.2) is 0 Å². The molecule has 0 aromatic carbocycles. The molecule has 0 aromatic rings. The van der Waals surface area contributed by atoms with Crippen LogP contribution in [0.3, 0.4) is 0 Å². The van der Waals surface area contributed by atoms with Crippen LogP contribution in [-0.4, -0.2) is 135 Å². The number of hydrogen-bond acceptors (Lipinski definition) is 17. The summed E-state index contributed by atoms with van der Waals surface area (Å²) >= 11 is 0. The van der Waals surface area contributed by atoms with Crippen LogP contribution in [0.5, 0.6) is 0 Å². The van der Waals surface area contributed by atoms with E-state index < -0.39 is 72.6 Å². The largest absolute Gasteiger partial charge is 0.472 e. The highest BCUT2D eigenvalue weighted by molar-refractivity contribution is 7.47.